The topological polar surface area (TPSA) is 49.2 Å². The van der Waals surface area contributed by atoms with E-state index in [2.05, 4.69) is 10.2 Å². The van der Waals surface area contributed by atoms with Crippen molar-refractivity contribution in [3.8, 4) is 17.2 Å². The average molecular weight is 254 g/mol. The van der Waals surface area contributed by atoms with Gasteiger partial charge in [-0.1, -0.05) is 0 Å². The maximum atomic E-state index is 5.78. The van der Waals surface area contributed by atoms with E-state index in [1.807, 2.05) is 12.1 Å². The van der Waals surface area contributed by atoms with Gasteiger partial charge in [-0.15, -0.1) is 21.8 Å². The first-order valence-electron chi connectivity index (χ1n) is 4.96. The molecular formula is C11H12ClN3O2. The normalized spacial score (nSPS) is 10.3. The van der Waals surface area contributed by atoms with Gasteiger partial charge in [0.2, 0.25) is 0 Å². The van der Waals surface area contributed by atoms with Gasteiger partial charge in [0.1, 0.15) is 17.8 Å². The molecule has 6 heteroatoms. The number of hydrogen-bond acceptors (Lipinski definition) is 4. The molecule has 2 rings (SSSR count). The molecule has 1 aromatic carbocycles. The lowest BCUT2D eigenvalue weighted by Crippen LogP contribution is -1.99. The van der Waals surface area contributed by atoms with Crippen LogP contribution in [0, 0.1) is 0 Å². The SMILES string of the molecule is COc1cc(OC)cc(-n2cnnc2CCl)c1. The summed E-state index contributed by atoms with van der Waals surface area (Å²) in [5.41, 5.74) is 0.849. The molecule has 0 saturated carbocycles. The maximum Gasteiger partial charge on any atom is 0.152 e. The highest BCUT2D eigenvalue weighted by atomic mass is 35.5. The van der Waals surface area contributed by atoms with Crippen molar-refractivity contribution in [1.82, 2.24) is 14.8 Å². The third kappa shape index (κ3) is 2.34. The second kappa shape index (κ2) is 5.05. The fraction of sp³-hybridized carbons (Fsp3) is 0.273. The van der Waals surface area contributed by atoms with Crippen LogP contribution in [0.4, 0.5) is 0 Å². The first-order chi connectivity index (χ1) is 8.28. The Hall–Kier alpha value is -1.75. The molecule has 17 heavy (non-hydrogen) atoms. The van der Waals surface area contributed by atoms with Crippen molar-refractivity contribution in [3.05, 3.63) is 30.4 Å². The second-order valence-electron chi connectivity index (χ2n) is 3.32. The lowest BCUT2D eigenvalue weighted by molar-refractivity contribution is 0.394. The zero-order valence-electron chi connectivity index (χ0n) is 9.55. The van der Waals surface area contributed by atoms with Gasteiger partial charge in [0, 0.05) is 18.2 Å². The van der Waals surface area contributed by atoms with Crippen molar-refractivity contribution in [2.75, 3.05) is 14.2 Å². The van der Waals surface area contributed by atoms with E-state index in [0.717, 1.165) is 5.69 Å². The smallest absolute Gasteiger partial charge is 0.152 e. The quantitative estimate of drug-likeness (QED) is 0.783. The molecule has 0 aliphatic heterocycles. The Morgan fingerprint density at radius 2 is 1.82 bits per heavy atom. The highest BCUT2D eigenvalue weighted by Gasteiger charge is 2.08. The largest absolute Gasteiger partial charge is 0.497 e. The summed E-state index contributed by atoms with van der Waals surface area (Å²) in [6.07, 6.45) is 1.60. The molecule has 0 fully saturated rings. The Bertz CT molecular complexity index is 491. The van der Waals surface area contributed by atoms with E-state index in [9.17, 15) is 0 Å². The summed E-state index contributed by atoms with van der Waals surface area (Å²) in [4.78, 5) is 0. The van der Waals surface area contributed by atoms with Crippen LogP contribution in [-0.4, -0.2) is 29.0 Å². The molecule has 1 heterocycles. The molecule has 0 amide bonds. The number of hydrogen-bond donors (Lipinski definition) is 0. The molecule has 90 valence electrons. The van der Waals surface area contributed by atoms with Crippen LogP contribution in [0.2, 0.25) is 0 Å². The molecule has 0 radical (unpaired) electrons. The minimum absolute atomic E-state index is 0.291. The predicted molar refractivity (Wildman–Crippen MR) is 64.0 cm³/mol. The van der Waals surface area contributed by atoms with E-state index >= 15 is 0 Å². The van der Waals surface area contributed by atoms with Crippen molar-refractivity contribution < 1.29 is 9.47 Å². The summed E-state index contributed by atoms with van der Waals surface area (Å²) in [6.45, 7) is 0. The third-order valence-corrected chi connectivity index (χ3v) is 2.59. The Balaban J connectivity index is 2.51. The summed E-state index contributed by atoms with van der Waals surface area (Å²) in [7, 11) is 3.21. The van der Waals surface area contributed by atoms with E-state index in [1.54, 1.807) is 31.2 Å². The van der Waals surface area contributed by atoms with E-state index in [4.69, 9.17) is 21.1 Å². The Morgan fingerprint density at radius 3 is 2.35 bits per heavy atom. The van der Waals surface area contributed by atoms with E-state index in [0.29, 0.717) is 23.2 Å². The molecule has 0 spiro atoms. The minimum atomic E-state index is 0.291. The van der Waals surface area contributed by atoms with Gasteiger partial charge in [0.15, 0.2) is 5.82 Å². The fourth-order valence-corrected chi connectivity index (χ4v) is 1.68. The van der Waals surface area contributed by atoms with Crippen LogP contribution in [0.5, 0.6) is 11.5 Å². The van der Waals surface area contributed by atoms with Gasteiger partial charge in [-0.05, 0) is 0 Å². The monoisotopic (exact) mass is 253 g/mol. The van der Waals surface area contributed by atoms with Crippen molar-refractivity contribution in [1.29, 1.82) is 0 Å². The molecule has 0 atom stereocenters. The zero-order chi connectivity index (χ0) is 12.3. The van der Waals surface area contributed by atoms with Gasteiger partial charge in [-0.25, -0.2) is 0 Å². The number of benzene rings is 1. The summed E-state index contributed by atoms with van der Waals surface area (Å²) < 4.78 is 12.2. The number of nitrogens with zero attached hydrogens (tertiary/aromatic N) is 3. The Kier molecular flexibility index (Phi) is 3.49. The number of halogens is 1. The predicted octanol–water partition coefficient (Wildman–Crippen LogP) is 2.02. The molecule has 1 aromatic heterocycles. The molecule has 0 aliphatic rings. The van der Waals surface area contributed by atoms with E-state index < -0.39 is 0 Å². The number of rotatable bonds is 4. The second-order valence-corrected chi connectivity index (χ2v) is 3.59. The third-order valence-electron chi connectivity index (χ3n) is 2.35. The van der Waals surface area contributed by atoms with Crippen LogP contribution in [0.3, 0.4) is 0 Å². The molecular weight excluding hydrogens is 242 g/mol. The van der Waals surface area contributed by atoms with Gasteiger partial charge in [0.25, 0.3) is 0 Å². The minimum Gasteiger partial charge on any atom is -0.497 e. The lowest BCUT2D eigenvalue weighted by atomic mass is 10.2. The van der Waals surface area contributed by atoms with Gasteiger partial charge in [-0.3, -0.25) is 4.57 Å². The zero-order valence-corrected chi connectivity index (χ0v) is 10.3. The van der Waals surface area contributed by atoms with Crippen molar-refractivity contribution in [3.63, 3.8) is 0 Å². The molecule has 0 N–H and O–H groups in total. The summed E-state index contributed by atoms with van der Waals surface area (Å²) in [5, 5.41) is 7.75. The number of alkyl halides is 1. The Labute approximate surface area is 104 Å². The average Bonchev–Trinajstić information content (AvgIpc) is 2.86. The van der Waals surface area contributed by atoms with Crippen LogP contribution < -0.4 is 9.47 Å². The molecule has 2 aromatic rings. The lowest BCUT2D eigenvalue weighted by Gasteiger charge is -2.09. The number of methoxy groups -OCH3 is 2. The van der Waals surface area contributed by atoms with Gasteiger partial charge in [0.05, 0.1) is 25.8 Å². The number of aromatic nitrogens is 3. The molecule has 0 unspecified atom stereocenters. The van der Waals surface area contributed by atoms with E-state index in [-0.39, 0.29) is 0 Å². The summed E-state index contributed by atoms with van der Waals surface area (Å²) >= 11 is 5.78. The van der Waals surface area contributed by atoms with E-state index in [1.165, 1.54) is 0 Å². The highest BCUT2D eigenvalue weighted by molar-refractivity contribution is 6.16. The van der Waals surface area contributed by atoms with Gasteiger partial charge >= 0.3 is 0 Å². The molecule has 5 nitrogen and oxygen atoms in total. The van der Waals surface area contributed by atoms with Crippen LogP contribution in [0.15, 0.2) is 24.5 Å². The van der Waals surface area contributed by atoms with Crippen LogP contribution >= 0.6 is 11.6 Å². The van der Waals surface area contributed by atoms with Crippen LogP contribution in [0.25, 0.3) is 5.69 Å². The molecule has 0 bridgehead atoms. The summed E-state index contributed by atoms with van der Waals surface area (Å²) in [5.74, 6) is 2.36. The highest BCUT2D eigenvalue weighted by Crippen LogP contribution is 2.25. The number of ether oxygens (including phenoxy) is 2. The van der Waals surface area contributed by atoms with Crippen LogP contribution in [0.1, 0.15) is 5.82 Å². The first-order valence-corrected chi connectivity index (χ1v) is 5.50. The van der Waals surface area contributed by atoms with Gasteiger partial charge in [-0.2, -0.15) is 0 Å². The maximum absolute atomic E-state index is 5.78. The fourth-order valence-electron chi connectivity index (χ4n) is 1.50. The van der Waals surface area contributed by atoms with Crippen LogP contribution in [-0.2, 0) is 5.88 Å². The van der Waals surface area contributed by atoms with Crippen molar-refractivity contribution in [2.24, 2.45) is 0 Å². The molecule has 0 saturated heterocycles. The molecule has 0 aliphatic carbocycles. The standard InChI is InChI=1S/C11H12ClN3O2/c1-16-9-3-8(4-10(5-9)17-2)15-7-13-14-11(15)6-12/h3-5,7H,6H2,1-2H3. The van der Waals surface area contributed by atoms with Crippen molar-refractivity contribution >= 4 is 11.6 Å². The Morgan fingerprint density at radius 1 is 1.18 bits per heavy atom. The first kappa shape index (κ1) is 11.7. The van der Waals surface area contributed by atoms with Crippen molar-refractivity contribution in [2.45, 2.75) is 5.88 Å². The summed E-state index contributed by atoms with van der Waals surface area (Å²) in [6, 6.07) is 5.53. The van der Waals surface area contributed by atoms with Gasteiger partial charge < -0.3 is 9.47 Å².